The second-order valence-corrected chi connectivity index (χ2v) is 6.95. The molecule has 1 aromatic rings. The highest BCUT2D eigenvalue weighted by Gasteiger charge is 2.25. The number of carbonyl (C=O) groups is 1. The fraction of sp³-hybridized carbons (Fsp3) is 0.632. The van der Waals surface area contributed by atoms with Crippen LogP contribution in [0, 0.1) is 0 Å². The van der Waals surface area contributed by atoms with Gasteiger partial charge in [0.1, 0.15) is 0 Å². The molecule has 2 aliphatic rings. The van der Waals surface area contributed by atoms with Crippen LogP contribution in [-0.4, -0.2) is 54.7 Å². The zero-order valence-corrected chi connectivity index (χ0v) is 14.4. The van der Waals surface area contributed by atoms with Crippen LogP contribution < -0.4 is 10.2 Å². The molecule has 2 N–H and O–H groups in total. The highest BCUT2D eigenvalue weighted by molar-refractivity contribution is 5.92. The smallest absolute Gasteiger partial charge is 0.238 e. The van der Waals surface area contributed by atoms with E-state index in [1.165, 1.54) is 31.4 Å². The third-order valence-corrected chi connectivity index (χ3v) is 5.18. The predicted octanol–water partition coefficient (Wildman–Crippen LogP) is 2.46. The monoisotopic (exact) mass is 331 g/mol. The third-order valence-electron chi connectivity index (χ3n) is 5.18. The van der Waals surface area contributed by atoms with Gasteiger partial charge in [-0.15, -0.1) is 0 Å². The molecule has 2 saturated heterocycles. The Labute approximate surface area is 144 Å². The van der Waals surface area contributed by atoms with Crippen LogP contribution >= 0.6 is 0 Å². The van der Waals surface area contributed by atoms with E-state index in [4.69, 9.17) is 0 Å². The third kappa shape index (κ3) is 4.48. The van der Waals surface area contributed by atoms with Crippen molar-refractivity contribution in [3.8, 4) is 0 Å². The van der Waals surface area contributed by atoms with E-state index in [2.05, 4.69) is 27.2 Å². The first kappa shape index (κ1) is 17.2. The fourth-order valence-corrected chi connectivity index (χ4v) is 3.78. The molecule has 5 nitrogen and oxygen atoms in total. The van der Waals surface area contributed by atoms with E-state index in [0.717, 1.165) is 38.2 Å². The Hall–Kier alpha value is -1.59. The lowest BCUT2D eigenvalue weighted by Crippen LogP contribution is -2.38. The van der Waals surface area contributed by atoms with E-state index in [0.29, 0.717) is 6.54 Å². The molecule has 3 rings (SSSR count). The Morgan fingerprint density at radius 1 is 1.04 bits per heavy atom. The highest BCUT2D eigenvalue weighted by atomic mass is 16.3. The summed E-state index contributed by atoms with van der Waals surface area (Å²) in [6.07, 6.45) is 7.23. The molecule has 24 heavy (non-hydrogen) atoms. The van der Waals surface area contributed by atoms with Gasteiger partial charge in [0.15, 0.2) is 0 Å². The maximum absolute atomic E-state index is 12.2. The number of carbonyl (C=O) groups excluding carboxylic acids is 1. The number of likely N-dealkylation sites (tertiary alicyclic amines) is 1. The van der Waals surface area contributed by atoms with Crippen molar-refractivity contribution in [1.82, 2.24) is 4.90 Å². The summed E-state index contributed by atoms with van der Waals surface area (Å²) in [5.74, 6) is -0.00197. The number of aliphatic hydroxyl groups is 1. The highest BCUT2D eigenvalue weighted by Crippen LogP contribution is 2.22. The molecule has 0 spiro atoms. The molecule has 0 bridgehead atoms. The van der Waals surface area contributed by atoms with Crippen LogP contribution in [0.15, 0.2) is 24.3 Å². The number of hydrogen-bond donors (Lipinski definition) is 2. The van der Waals surface area contributed by atoms with Crippen molar-refractivity contribution in [1.29, 1.82) is 0 Å². The molecule has 2 fully saturated rings. The average molecular weight is 331 g/mol. The molecule has 2 aliphatic heterocycles. The Morgan fingerprint density at radius 2 is 1.75 bits per heavy atom. The minimum atomic E-state index is -0.00197. The molecule has 0 saturated carbocycles. The Bertz CT molecular complexity index is 524. The van der Waals surface area contributed by atoms with E-state index in [-0.39, 0.29) is 18.6 Å². The van der Waals surface area contributed by atoms with Crippen molar-refractivity contribution in [2.75, 3.05) is 43.0 Å². The number of nitrogens with one attached hydrogen (secondary N) is 1. The van der Waals surface area contributed by atoms with Gasteiger partial charge in [0.25, 0.3) is 0 Å². The average Bonchev–Trinajstić information content (AvgIpc) is 2.86. The largest absolute Gasteiger partial charge is 0.395 e. The Kier molecular flexibility index (Phi) is 6.10. The maximum Gasteiger partial charge on any atom is 0.238 e. The summed E-state index contributed by atoms with van der Waals surface area (Å²) in [4.78, 5) is 16.7. The van der Waals surface area contributed by atoms with E-state index in [1.54, 1.807) is 0 Å². The van der Waals surface area contributed by atoms with Gasteiger partial charge in [-0.1, -0.05) is 12.8 Å². The van der Waals surface area contributed by atoms with Crippen molar-refractivity contribution >= 4 is 17.3 Å². The van der Waals surface area contributed by atoms with Crippen molar-refractivity contribution in [3.63, 3.8) is 0 Å². The van der Waals surface area contributed by atoms with Gasteiger partial charge in [-0.05, 0) is 56.5 Å². The number of aliphatic hydroxyl groups excluding tert-OH is 1. The summed E-state index contributed by atoms with van der Waals surface area (Å²) in [5, 5.41) is 12.3. The Morgan fingerprint density at radius 3 is 2.42 bits per heavy atom. The van der Waals surface area contributed by atoms with Crippen LogP contribution in [0.4, 0.5) is 11.4 Å². The minimum absolute atomic E-state index is 0.00197. The molecular weight excluding hydrogens is 302 g/mol. The number of benzene rings is 1. The summed E-state index contributed by atoms with van der Waals surface area (Å²) in [6.45, 7) is 3.65. The maximum atomic E-state index is 12.2. The second kappa shape index (κ2) is 8.49. The van der Waals surface area contributed by atoms with E-state index in [9.17, 15) is 9.90 Å². The second-order valence-electron chi connectivity index (χ2n) is 6.95. The van der Waals surface area contributed by atoms with Crippen LogP contribution in [0.5, 0.6) is 0 Å². The molecule has 1 atom stereocenters. The van der Waals surface area contributed by atoms with Gasteiger partial charge in [-0.25, -0.2) is 0 Å². The lowest BCUT2D eigenvalue weighted by atomic mass is 10.2. The van der Waals surface area contributed by atoms with Crippen molar-refractivity contribution in [3.05, 3.63) is 24.3 Å². The van der Waals surface area contributed by atoms with Gasteiger partial charge in [-0.3, -0.25) is 9.69 Å². The van der Waals surface area contributed by atoms with E-state index < -0.39 is 0 Å². The summed E-state index contributed by atoms with van der Waals surface area (Å²) < 4.78 is 0. The van der Waals surface area contributed by atoms with E-state index >= 15 is 0 Å². The lowest BCUT2D eigenvalue weighted by Gasteiger charge is -2.23. The van der Waals surface area contributed by atoms with Crippen LogP contribution in [0.1, 0.15) is 38.5 Å². The number of rotatable bonds is 5. The van der Waals surface area contributed by atoms with Crippen LogP contribution in [0.2, 0.25) is 0 Å². The van der Waals surface area contributed by atoms with E-state index in [1.807, 2.05) is 12.1 Å². The zero-order valence-electron chi connectivity index (χ0n) is 14.4. The predicted molar refractivity (Wildman–Crippen MR) is 97.4 cm³/mol. The molecular formula is C19H29N3O2. The van der Waals surface area contributed by atoms with Gasteiger partial charge in [0.05, 0.1) is 13.2 Å². The van der Waals surface area contributed by atoms with Crippen molar-refractivity contribution in [2.24, 2.45) is 0 Å². The number of hydrogen-bond acceptors (Lipinski definition) is 4. The van der Waals surface area contributed by atoms with Gasteiger partial charge in [-0.2, -0.15) is 0 Å². The van der Waals surface area contributed by atoms with Crippen molar-refractivity contribution < 1.29 is 9.90 Å². The summed E-state index contributed by atoms with van der Waals surface area (Å²) in [6, 6.07) is 8.33. The van der Waals surface area contributed by atoms with Gasteiger partial charge in [0.2, 0.25) is 5.91 Å². The van der Waals surface area contributed by atoms with Crippen LogP contribution in [0.3, 0.4) is 0 Å². The summed E-state index contributed by atoms with van der Waals surface area (Å²) in [5.41, 5.74) is 2.09. The summed E-state index contributed by atoms with van der Waals surface area (Å²) in [7, 11) is 0. The molecule has 1 amide bonds. The SMILES string of the molecule is O=C(CN1CCC[C@@H]1CO)Nc1ccc(N2CCCCCC2)cc1. The van der Waals surface area contributed by atoms with Crippen LogP contribution in [0.25, 0.3) is 0 Å². The molecule has 0 aliphatic carbocycles. The Balaban J connectivity index is 1.52. The first-order valence-electron chi connectivity index (χ1n) is 9.26. The first-order chi connectivity index (χ1) is 11.8. The zero-order chi connectivity index (χ0) is 16.8. The lowest BCUT2D eigenvalue weighted by molar-refractivity contribution is -0.117. The fourth-order valence-electron chi connectivity index (χ4n) is 3.78. The number of anilines is 2. The number of nitrogens with zero attached hydrogens (tertiary/aromatic N) is 2. The van der Waals surface area contributed by atoms with Gasteiger partial charge < -0.3 is 15.3 Å². The summed E-state index contributed by atoms with van der Waals surface area (Å²) >= 11 is 0. The normalized spacial score (nSPS) is 22.4. The molecule has 2 heterocycles. The molecule has 0 unspecified atom stereocenters. The van der Waals surface area contributed by atoms with Crippen molar-refractivity contribution in [2.45, 2.75) is 44.6 Å². The van der Waals surface area contributed by atoms with Gasteiger partial charge >= 0.3 is 0 Å². The first-order valence-corrected chi connectivity index (χ1v) is 9.26. The topological polar surface area (TPSA) is 55.8 Å². The molecule has 0 aromatic heterocycles. The quantitative estimate of drug-likeness (QED) is 0.870. The standard InChI is InChI=1S/C19H29N3O2/c23-15-18-6-5-13-22(18)14-19(24)20-16-7-9-17(10-8-16)21-11-3-1-2-4-12-21/h7-10,18,23H,1-6,11-15H2,(H,20,24)/t18-/m1/s1. The molecule has 0 radical (unpaired) electrons. The minimum Gasteiger partial charge on any atom is -0.395 e. The molecule has 1 aromatic carbocycles. The molecule has 5 heteroatoms. The number of amides is 1. The van der Waals surface area contributed by atoms with Gasteiger partial charge in [0, 0.05) is 30.5 Å². The molecule has 132 valence electrons. The van der Waals surface area contributed by atoms with Crippen LogP contribution in [-0.2, 0) is 4.79 Å².